The Morgan fingerprint density at radius 1 is 1.24 bits per heavy atom. The fourth-order valence-corrected chi connectivity index (χ4v) is 2.27. The van der Waals surface area contributed by atoms with Crippen LogP contribution in [0.5, 0.6) is 0 Å². The van der Waals surface area contributed by atoms with Crippen LogP contribution in [0.15, 0.2) is 42.3 Å². The van der Waals surface area contributed by atoms with E-state index in [4.69, 9.17) is 10.2 Å². The van der Waals surface area contributed by atoms with Gasteiger partial charge in [0.2, 0.25) is 0 Å². The Kier molecular flexibility index (Phi) is 4.01. The van der Waals surface area contributed by atoms with Gasteiger partial charge in [0.25, 0.3) is 0 Å². The van der Waals surface area contributed by atoms with Gasteiger partial charge in [0.05, 0.1) is 11.1 Å². The summed E-state index contributed by atoms with van der Waals surface area (Å²) in [5.41, 5.74) is 0.260. The van der Waals surface area contributed by atoms with Gasteiger partial charge >= 0.3 is 11.9 Å². The molecule has 1 aromatic heterocycles. The lowest BCUT2D eigenvalue weighted by atomic mass is 10.0. The van der Waals surface area contributed by atoms with Gasteiger partial charge in [0.15, 0.2) is 0 Å². The third kappa shape index (κ3) is 2.51. The third-order valence-electron chi connectivity index (χ3n) is 2.07. The first kappa shape index (κ1) is 12.9. The van der Waals surface area contributed by atoms with Crippen molar-refractivity contribution < 1.29 is 19.8 Å². The Hall–Kier alpha value is -2.14. The number of hydrogen-bond donors (Lipinski definition) is 2. The Balaban J connectivity index is 3.51. The van der Waals surface area contributed by atoms with Crippen molar-refractivity contribution in [2.75, 3.05) is 0 Å². The van der Waals surface area contributed by atoms with Crippen LogP contribution in [0.2, 0.25) is 0 Å². The van der Waals surface area contributed by atoms with Gasteiger partial charge in [-0.05, 0) is 11.4 Å². The molecular formula is C12H10O4S. The zero-order valence-corrected chi connectivity index (χ0v) is 9.66. The molecule has 0 spiro atoms. The Labute approximate surface area is 102 Å². The number of carbonyl (C=O) groups is 2. The maximum atomic E-state index is 11.0. The van der Waals surface area contributed by atoms with E-state index in [0.29, 0.717) is 4.88 Å². The van der Waals surface area contributed by atoms with E-state index < -0.39 is 11.9 Å². The van der Waals surface area contributed by atoms with Crippen molar-refractivity contribution in [3.63, 3.8) is 0 Å². The minimum absolute atomic E-state index is 0.0606. The summed E-state index contributed by atoms with van der Waals surface area (Å²) in [7, 11) is 0. The molecule has 0 fully saturated rings. The summed E-state index contributed by atoms with van der Waals surface area (Å²) in [4.78, 5) is 22.3. The average molecular weight is 250 g/mol. The summed E-state index contributed by atoms with van der Waals surface area (Å²) in [6.45, 7) is 6.92. The van der Waals surface area contributed by atoms with Crippen molar-refractivity contribution in [2.45, 2.75) is 0 Å². The number of thiophene rings is 1. The van der Waals surface area contributed by atoms with Crippen LogP contribution in [-0.4, -0.2) is 22.2 Å². The molecule has 0 aromatic carbocycles. The van der Waals surface area contributed by atoms with E-state index in [-0.39, 0.29) is 16.7 Å². The monoisotopic (exact) mass is 250 g/mol. The van der Waals surface area contributed by atoms with Crippen molar-refractivity contribution in [2.24, 2.45) is 0 Å². The molecule has 0 atom stereocenters. The first-order valence-electron chi connectivity index (χ1n) is 4.56. The van der Waals surface area contributed by atoms with Crippen molar-refractivity contribution in [1.82, 2.24) is 0 Å². The summed E-state index contributed by atoms with van der Waals surface area (Å²) in [6.07, 6.45) is 2.49. The SMILES string of the molecule is C=C/C(C(=O)O)=C(\C=C)c1sccc1C(=O)O. The van der Waals surface area contributed by atoms with Gasteiger partial charge in [0.1, 0.15) is 0 Å². The highest BCUT2D eigenvalue weighted by atomic mass is 32.1. The van der Waals surface area contributed by atoms with Gasteiger partial charge in [0, 0.05) is 10.5 Å². The largest absolute Gasteiger partial charge is 0.478 e. The van der Waals surface area contributed by atoms with Crippen LogP contribution in [0.3, 0.4) is 0 Å². The van der Waals surface area contributed by atoms with E-state index in [1.807, 2.05) is 0 Å². The van der Waals surface area contributed by atoms with E-state index in [1.54, 1.807) is 5.38 Å². The van der Waals surface area contributed by atoms with Crippen LogP contribution in [0.1, 0.15) is 15.2 Å². The van der Waals surface area contributed by atoms with E-state index in [0.717, 1.165) is 11.3 Å². The molecule has 1 rings (SSSR count). The molecule has 1 aromatic rings. The Morgan fingerprint density at radius 3 is 2.29 bits per heavy atom. The first-order valence-corrected chi connectivity index (χ1v) is 5.44. The van der Waals surface area contributed by atoms with Gasteiger partial charge in [-0.15, -0.1) is 11.3 Å². The first-order chi connectivity index (χ1) is 8.02. The normalized spacial score (nSPS) is 11.5. The van der Waals surface area contributed by atoms with E-state index in [9.17, 15) is 9.59 Å². The highest BCUT2D eigenvalue weighted by molar-refractivity contribution is 7.11. The summed E-state index contributed by atoms with van der Waals surface area (Å²) >= 11 is 1.15. The average Bonchev–Trinajstić information content (AvgIpc) is 2.73. The number of allylic oxidation sites excluding steroid dienone is 2. The summed E-state index contributed by atoms with van der Waals surface area (Å²) < 4.78 is 0. The molecule has 5 heteroatoms. The van der Waals surface area contributed by atoms with Crippen LogP contribution in [0.4, 0.5) is 0 Å². The second kappa shape index (κ2) is 5.27. The van der Waals surface area contributed by atoms with Crippen molar-refractivity contribution in [3.8, 4) is 0 Å². The van der Waals surface area contributed by atoms with E-state index in [2.05, 4.69) is 13.2 Å². The lowest BCUT2D eigenvalue weighted by Crippen LogP contribution is -2.03. The standard InChI is InChI=1S/C12H10O4S/c1-3-7(8(4-2)11(13)14)10-9(12(15)16)5-6-17-10/h3-6H,1-2H2,(H,13,14)(H,15,16)/b8-7-. The Morgan fingerprint density at radius 2 is 1.88 bits per heavy atom. The number of carboxylic acid groups (broad SMARTS) is 2. The zero-order chi connectivity index (χ0) is 13.0. The van der Waals surface area contributed by atoms with Crippen molar-refractivity contribution in [3.05, 3.63) is 52.8 Å². The maximum absolute atomic E-state index is 11.0. The summed E-state index contributed by atoms with van der Waals surface area (Å²) in [5.74, 6) is -2.27. The lowest BCUT2D eigenvalue weighted by Gasteiger charge is -2.04. The van der Waals surface area contributed by atoms with Crippen LogP contribution in [-0.2, 0) is 4.79 Å². The second-order valence-corrected chi connectivity index (χ2v) is 3.93. The summed E-state index contributed by atoms with van der Waals surface area (Å²) in [6, 6.07) is 1.42. The highest BCUT2D eigenvalue weighted by Crippen LogP contribution is 2.29. The molecule has 0 radical (unpaired) electrons. The molecule has 2 N–H and O–H groups in total. The number of aromatic carboxylic acids is 1. The Bertz CT molecular complexity index is 522. The molecule has 0 aliphatic heterocycles. The topological polar surface area (TPSA) is 74.6 Å². The van der Waals surface area contributed by atoms with Gasteiger partial charge < -0.3 is 10.2 Å². The molecule has 0 saturated heterocycles. The molecule has 0 amide bonds. The zero-order valence-electron chi connectivity index (χ0n) is 8.84. The minimum atomic E-state index is -1.17. The molecular weight excluding hydrogens is 240 g/mol. The molecule has 0 unspecified atom stereocenters. The molecule has 17 heavy (non-hydrogen) atoms. The van der Waals surface area contributed by atoms with Crippen LogP contribution < -0.4 is 0 Å². The molecule has 0 saturated carbocycles. The quantitative estimate of drug-likeness (QED) is 0.622. The molecule has 4 nitrogen and oxygen atoms in total. The van der Waals surface area contributed by atoms with Crippen LogP contribution in [0, 0.1) is 0 Å². The van der Waals surface area contributed by atoms with Gasteiger partial charge in [-0.25, -0.2) is 9.59 Å². The van der Waals surface area contributed by atoms with Gasteiger partial charge in [-0.3, -0.25) is 0 Å². The maximum Gasteiger partial charge on any atom is 0.337 e. The molecule has 88 valence electrons. The number of rotatable bonds is 5. The minimum Gasteiger partial charge on any atom is -0.478 e. The molecule has 0 aliphatic carbocycles. The van der Waals surface area contributed by atoms with Gasteiger partial charge in [-0.2, -0.15) is 0 Å². The fourth-order valence-electron chi connectivity index (χ4n) is 1.32. The highest BCUT2D eigenvalue weighted by Gasteiger charge is 2.18. The van der Waals surface area contributed by atoms with Crippen molar-refractivity contribution >= 4 is 28.8 Å². The molecule has 0 aliphatic rings. The number of hydrogen-bond acceptors (Lipinski definition) is 3. The number of carboxylic acids is 2. The van der Waals surface area contributed by atoms with Gasteiger partial charge in [-0.1, -0.05) is 25.3 Å². The predicted molar refractivity (Wildman–Crippen MR) is 66.2 cm³/mol. The smallest absolute Gasteiger partial charge is 0.337 e. The summed E-state index contributed by atoms with van der Waals surface area (Å²) in [5, 5.41) is 19.5. The second-order valence-electron chi connectivity index (χ2n) is 3.01. The van der Waals surface area contributed by atoms with E-state index in [1.165, 1.54) is 18.2 Å². The van der Waals surface area contributed by atoms with E-state index >= 15 is 0 Å². The molecule has 0 bridgehead atoms. The predicted octanol–water partition coefficient (Wildman–Crippen LogP) is 2.66. The lowest BCUT2D eigenvalue weighted by molar-refractivity contribution is -0.132. The van der Waals surface area contributed by atoms with Crippen LogP contribution >= 0.6 is 11.3 Å². The van der Waals surface area contributed by atoms with Crippen molar-refractivity contribution in [1.29, 1.82) is 0 Å². The molecule has 1 heterocycles. The van der Waals surface area contributed by atoms with Crippen LogP contribution in [0.25, 0.3) is 5.57 Å². The third-order valence-corrected chi connectivity index (χ3v) is 3.02. The number of aliphatic carboxylic acids is 1. The fraction of sp³-hybridized carbons (Fsp3) is 0.